The van der Waals surface area contributed by atoms with Gasteiger partial charge in [0.05, 0.1) is 19.3 Å². The van der Waals surface area contributed by atoms with E-state index in [1.165, 1.54) is 21.4 Å². The first-order valence-electron chi connectivity index (χ1n) is 9.11. The lowest BCUT2D eigenvalue weighted by molar-refractivity contribution is 0.406. The average molecular weight is 383 g/mol. The van der Waals surface area contributed by atoms with Crippen molar-refractivity contribution in [2.75, 3.05) is 20.2 Å². The molecule has 7 nitrogen and oxygen atoms in total. The fourth-order valence-electron chi connectivity index (χ4n) is 3.58. The highest BCUT2D eigenvalue weighted by molar-refractivity contribution is 5.47. The van der Waals surface area contributed by atoms with Crippen LogP contribution in [0.4, 0.5) is 4.39 Å². The second kappa shape index (κ2) is 7.57. The smallest absolute Gasteiger partial charge is 0.350 e. The molecule has 1 aromatic heterocycles. The highest BCUT2D eigenvalue weighted by Crippen LogP contribution is 2.29. The Balaban J connectivity index is 1.69. The Hall–Kier alpha value is -2.97. The largest absolute Gasteiger partial charge is 0.496 e. The molecule has 1 fully saturated rings. The van der Waals surface area contributed by atoms with Gasteiger partial charge in [0.2, 0.25) is 0 Å². The molecule has 0 amide bonds. The van der Waals surface area contributed by atoms with Gasteiger partial charge in [-0.25, -0.2) is 18.4 Å². The van der Waals surface area contributed by atoms with Gasteiger partial charge >= 0.3 is 5.69 Å². The van der Waals surface area contributed by atoms with Gasteiger partial charge in [0.1, 0.15) is 17.4 Å². The van der Waals surface area contributed by atoms with Crippen LogP contribution in [-0.4, -0.2) is 34.5 Å². The number of nitrogens with one attached hydrogen (secondary N) is 2. The van der Waals surface area contributed by atoms with Crippen molar-refractivity contribution in [2.24, 2.45) is 0 Å². The van der Waals surface area contributed by atoms with E-state index in [-0.39, 0.29) is 18.1 Å². The molecular formula is C20H22FN5O2. The van der Waals surface area contributed by atoms with E-state index in [0.29, 0.717) is 23.0 Å². The van der Waals surface area contributed by atoms with Crippen LogP contribution < -0.4 is 21.3 Å². The van der Waals surface area contributed by atoms with Gasteiger partial charge in [0.15, 0.2) is 0 Å². The predicted octanol–water partition coefficient (Wildman–Crippen LogP) is 1.73. The standard InChI is InChI=1S/C20H22FN5O2/c1-13-24-25(12-14-4-3-5-16(21)8-14)20(27)26(13)17-6-7-18(19(9-17)28-2)15-10-22-23-11-15/h3-9,15,22-23H,10-12H2,1-2H3. The number of aryl methyl sites for hydroxylation is 1. The predicted molar refractivity (Wildman–Crippen MR) is 103 cm³/mol. The van der Waals surface area contributed by atoms with Crippen molar-refractivity contribution in [1.82, 2.24) is 25.2 Å². The Morgan fingerprint density at radius 1 is 1.21 bits per heavy atom. The summed E-state index contributed by atoms with van der Waals surface area (Å²) in [7, 11) is 1.63. The number of ether oxygens (including phenoxy) is 1. The Labute approximate surface area is 161 Å². The van der Waals surface area contributed by atoms with E-state index in [1.807, 2.05) is 18.2 Å². The summed E-state index contributed by atoms with van der Waals surface area (Å²) in [5.41, 5.74) is 8.41. The van der Waals surface area contributed by atoms with Gasteiger partial charge in [-0.3, -0.25) is 10.9 Å². The van der Waals surface area contributed by atoms with Crippen molar-refractivity contribution in [3.63, 3.8) is 0 Å². The molecule has 146 valence electrons. The van der Waals surface area contributed by atoms with Gasteiger partial charge in [0, 0.05) is 25.1 Å². The molecule has 1 saturated heterocycles. The summed E-state index contributed by atoms with van der Waals surface area (Å²) in [6.45, 7) is 3.62. The van der Waals surface area contributed by atoms with Gasteiger partial charge < -0.3 is 4.74 Å². The second-order valence-corrected chi connectivity index (χ2v) is 6.84. The highest BCUT2D eigenvalue weighted by Gasteiger charge is 2.21. The summed E-state index contributed by atoms with van der Waals surface area (Å²) in [5.74, 6) is 1.26. The zero-order valence-corrected chi connectivity index (χ0v) is 15.8. The number of hydrogen-bond donors (Lipinski definition) is 2. The minimum absolute atomic E-state index is 0.207. The molecule has 8 heteroatoms. The van der Waals surface area contributed by atoms with Crippen molar-refractivity contribution >= 4 is 0 Å². The quantitative estimate of drug-likeness (QED) is 0.702. The highest BCUT2D eigenvalue weighted by atomic mass is 19.1. The van der Waals surface area contributed by atoms with Crippen LogP contribution in [0, 0.1) is 12.7 Å². The van der Waals surface area contributed by atoms with Crippen molar-refractivity contribution < 1.29 is 9.13 Å². The van der Waals surface area contributed by atoms with E-state index >= 15 is 0 Å². The molecule has 1 aliphatic heterocycles. The minimum Gasteiger partial charge on any atom is -0.496 e. The Morgan fingerprint density at radius 3 is 2.71 bits per heavy atom. The number of benzene rings is 2. The van der Waals surface area contributed by atoms with E-state index in [1.54, 1.807) is 26.2 Å². The number of halogens is 1. The number of hydrogen-bond acceptors (Lipinski definition) is 5. The van der Waals surface area contributed by atoms with Crippen LogP contribution in [0.2, 0.25) is 0 Å². The van der Waals surface area contributed by atoms with Crippen LogP contribution in [-0.2, 0) is 6.54 Å². The maximum atomic E-state index is 13.4. The van der Waals surface area contributed by atoms with Gasteiger partial charge in [0.25, 0.3) is 0 Å². The summed E-state index contributed by atoms with van der Waals surface area (Å²) in [6, 6.07) is 11.9. The molecule has 2 N–H and O–H groups in total. The summed E-state index contributed by atoms with van der Waals surface area (Å²) >= 11 is 0. The first-order valence-corrected chi connectivity index (χ1v) is 9.11. The van der Waals surface area contributed by atoms with Crippen LogP contribution >= 0.6 is 0 Å². The Bertz CT molecular complexity index is 1050. The summed E-state index contributed by atoms with van der Waals surface area (Å²) in [4.78, 5) is 12.9. The first kappa shape index (κ1) is 18.4. The molecular weight excluding hydrogens is 361 g/mol. The lowest BCUT2D eigenvalue weighted by atomic mass is 9.99. The van der Waals surface area contributed by atoms with E-state index < -0.39 is 0 Å². The lowest BCUT2D eigenvalue weighted by Crippen LogP contribution is -2.24. The number of hydrazine groups is 1. The topological polar surface area (TPSA) is 73.1 Å². The fourth-order valence-corrected chi connectivity index (χ4v) is 3.58. The third-order valence-corrected chi connectivity index (χ3v) is 4.96. The maximum Gasteiger partial charge on any atom is 0.350 e. The molecule has 3 aromatic rings. The van der Waals surface area contributed by atoms with Crippen LogP contribution in [0.25, 0.3) is 5.69 Å². The normalized spacial score (nSPS) is 14.5. The maximum absolute atomic E-state index is 13.4. The number of aromatic nitrogens is 3. The molecule has 1 aliphatic rings. The monoisotopic (exact) mass is 383 g/mol. The van der Waals surface area contributed by atoms with Crippen LogP contribution in [0.5, 0.6) is 5.75 Å². The summed E-state index contributed by atoms with van der Waals surface area (Å²) in [5, 5.41) is 4.35. The molecule has 28 heavy (non-hydrogen) atoms. The third-order valence-electron chi connectivity index (χ3n) is 4.96. The molecule has 0 aliphatic carbocycles. The van der Waals surface area contributed by atoms with E-state index in [9.17, 15) is 9.18 Å². The van der Waals surface area contributed by atoms with E-state index in [2.05, 4.69) is 16.0 Å². The van der Waals surface area contributed by atoms with Crippen molar-refractivity contribution in [1.29, 1.82) is 0 Å². The van der Waals surface area contributed by atoms with Crippen molar-refractivity contribution in [3.05, 3.63) is 75.7 Å². The molecule has 2 aromatic carbocycles. The zero-order chi connectivity index (χ0) is 19.7. The summed E-state index contributed by atoms with van der Waals surface area (Å²) in [6.07, 6.45) is 0. The number of methoxy groups -OCH3 is 1. The van der Waals surface area contributed by atoms with E-state index in [4.69, 9.17) is 4.74 Å². The van der Waals surface area contributed by atoms with Gasteiger partial charge in [-0.05, 0) is 36.2 Å². The molecule has 0 atom stereocenters. The second-order valence-electron chi connectivity index (χ2n) is 6.84. The molecule has 0 spiro atoms. The third kappa shape index (κ3) is 3.44. The van der Waals surface area contributed by atoms with Crippen LogP contribution in [0.3, 0.4) is 0 Å². The Morgan fingerprint density at radius 2 is 2.00 bits per heavy atom. The molecule has 4 rings (SSSR count). The fraction of sp³-hybridized carbons (Fsp3) is 0.300. The van der Waals surface area contributed by atoms with E-state index in [0.717, 1.165) is 24.4 Å². The zero-order valence-electron chi connectivity index (χ0n) is 15.8. The molecule has 0 unspecified atom stereocenters. The van der Waals surface area contributed by atoms with Gasteiger partial charge in [-0.2, -0.15) is 5.10 Å². The molecule has 0 bridgehead atoms. The first-order chi connectivity index (χ1) is 13.6. The SMILES string of the molecule is COc1cc(-n2c(C)nn(Cc3cccc(F)c3)c2=O)ccc1C1CNNC1. The lowest BCUT2D eigenvalue weighted by Gasteiger charge is -2.15. The molecule has 0 radical (unpaired) electrons. The van der Waals surface area contributed by atoms with Gasteiger partial charge in [-0.1, -0.05) is 18.2 Å². The average Bonchev–Trinajstić information content (AvgIpc) is 3.30. The molecule has 2 heterocycles. The minimum atomic E-state index is -0.335. The molecule has 0 saturated carbocycles. The number of nitrogens with zero attached hydrogens (tertiary/aromatic N) is 3. The van der Waals surface area contributed by atoms with Crippen molar-refractivity contribution in [3.8, 4) is 11.4 Å². The number of rotatable bonds is 5. The summed E-state index contributed by atoms with van der Waals surface area (Å²) < 4.78 is 21.9. The van der Waals surface area contributed by atoms with Crippen molar-refractivity contribution in [2.45, 2.75) is 19.4 Å². The van der Waals surface area contributed by atoms with Crippen LogP contribution in [0.1, 0.15) is 22.9 Å². The van der Waals surface area contributed by atoms with Gasteiger partial charge in [-0.15, -0.1) is 0 Å². The Kier molecular flexibility index (Phi) is 4.97. The van der Waals surface area contributed by atoms with Crippen LogP contribution in [0.15, 0.2) is 47.3 Å².